The van der Waals surface area contributed by atoms with Gasteiger partial charge in [0.05, 0.1) is 24.8 Å². The van der Waals surface area contributed by atoms with Crippen LogP contribution >= 0.6 is 0 Å². The monoisotopic (exact) mass is 281 g/mol. The number of nitrogen functional groups attached to an aromatic ring is 1. The first-order valence-electron chi connectivity index (χ1n) is 7.07. The van der Waals surface area contributed by atoms with Crippen molar-refractivity contribution in [2.24, 2.45) is 0 Å². The van der Waals surface area contributed by atoms with Crippen LogP contribution in [0.2, 0.25) is 0 Å². The summed E-state index contributed by atoms with van der Waals surface area (Å²) in [5.41, 5.74) is 9.31. The normalized spacial score (nSPS) is 11.0. The molecule has 21 heavy (non-hydrogen) atoms. The van der Waals surface area contributed by atoms with Crippen molar-refractivity contribution in [2.45, 2.75) is 26.9 Å². The zero-order chi connectivity index (χ0) is 14.8. The van der Waals surface area contributed by atoms with Crippen molar-refractivity contribution < 1.29 is 0 Å². The van der Waals surface area contributed by atoms with Gasteiger partial charge in [-0.25, -0.2) is 9.97 Å². The molecule has 5 nitrogen and oxygen atoms in total. The van der Waals surface area contributed by atoms with Crippen LogP contribution in [0.1, 0.15) is 18.3 Å². The van der Waals surface area contributed by atoms with Gasteiger partial charge in [0.15, 0.2) is 0 Å². The van der Waals surface area contributed by atoms with E-state index in [0.717, 1.165) is 30.3 Å². The molecule has 0 atom stereocenters. The molecule has 0 saturated heterocycles. The van der Waals surface area contributed by atoms with E-state index < -0.39 is 0 Å². The summed E-state index contributed by atoms with van der Waals surface area (Å²) >= 11 is 0. The van der Waals surface area contributed by atoms with Gasteiger partial charge in [-0.1, -0.05) is 30.3 Å². The third-order valence-corrected chi connectivity index (χ3v) is 3.68. The summed E-state index contributed by atoms with van der Waals surface area (Å²) in [7, 11) is 0. The average molecular weight is 281 g/mol. The van der Waals surface area contributed by atoms with E-state index in [0.29, 0.717) is 5.82 Å². The second-order valence-electron chi connectivity index (χ2n) is 5.03. The zero-order valence-electron chi connectivity index (χ0n) is 12.3. The summed E-state index contributed by atoms with van der Waals surface area (Å²) in [5.74, 6) is 1.60. The highest BCUT2D eigenvalue weighted by Crippen LogP contribution is 2.26. The van der Waals surface area contributed by atoms with Crippen LogP contribution in [0.5, 0.6) is 0 Å². The molecule has 0 radical (unpaired) electrons. The Kier molecular flexibility index (Phi) is 3.48. The van der Waals surface area contributed by atoms with Gasteiger partial charge in [0.1, 0.15) is 17.3 Å². The lowest BCUT2D eigenvalue weighted by Gasteiger charge is -2.08. The van der Waals surface area contributed by atoms with Gasteiger partial charge in [-0.05, 0) is 19.4 Å². The van der Waals surface area contributed by atoms with Crippen LogP contribution in [0.15, 0.2) is 42.9 Å². The zero-order valence-corrected chi connectivity index (χ0v) is 12.3. The minimum absolute atomic E-state index is 0.687. The van der Waals surface area contributed by atoms with Crippen molar-refractivity contribution in [1.29, 1.82) is 0 Å². The second kappa shape index (κ2) is 5.44. The molecule has 0 saturated carbocycles. The molecule has 0 spiro atoms. The standard InChI is InChI=1S/C16H19N5/c1-3-20-11-18-9-14(20)15-16(17)21(12(2)19-15)10-13-7-5-4-6-8-13/h4-9,11H,3,10,17H2,1-2H3. The van der Waals surface area contributed by atoms with E-state index >= 15 is 0 Å². The molecular weight excluding hydrogens is 262 g/mol. The lowest BCUT2D eigenvalue weighted by atomic mass is 10.2. The Bertz CT molecular complexity index is 739. The van der Waals surface area contributed by atoms with Gasteiger partial charge < -0.3 is 14.9 Å². The van der Waals surface area contributed by atoms with E-state index in [1.54, 1.807) is 6.33 Å². The Morgan fingerprint density at radius 1 is 1.19 bits per heavy atom. The molecule has 108 valence electrons. The van der Waals surface area contributed by atoms with Gasteiger partial charge in [0.2, 0.25) is 0 Å². The van der Waals surface area contributed by atoms with E-state index in [-0.39, 0.29) is 0 Å². The van der Waals surface area contributed by atoms with Crippen LogP contribution in [-0.2, 0) is 13.1 Å². The molecular formula is C16H19N5. The molecule has 1 aromatic carbocycles. The molecule has 0 bridgehead atoms. The topological polar surface area (TPSA) is 61.7 Å². The number of benzene rings is 1. The Hall–Kier alpha value is -2.56. The lowest BCUT2D eigenvalue weighted by molar-refractivity contribution is 0.767. The van der Waals surface area contributed by atoms with Crippen molar-refractivity contribution in [3.05, 3.63) is 54.2 Å². The highest BCUT2D eigenvalue weighted by molar-refractivity contribution is 5.68. The van der Waals surface area contributed by atoms with Crippen LogP contribution in [-0.4, -0.2) is 19.1 Å². The molecule has 3 aromatic rings. The van der Waals surface area contributed by atoms with Gasteiger partial charge in [-0.3, -0.25) is 0 Å². The number of hydrogen-bond acceptors (Lipinski definition) is 3. The number of nitrogens with two attached hydrogens (primary N) is 1. The Balaban J connectivity index is 2.01. The van der Waals surface area contributed by atoms with E-state index in [1.165, 1.54) is 5.56 Å². The van der Waals surface area contributed by atoms with Crippen molar-refractivity contribution in [3.63, 3.8) is 0 Å². The predicted molar refractivity (Wildman–Crippen MR) is 83.8 cm³/mol. The number of hydrogen-bond donors (Lipinski definition) is 1. The molecule has 0 aliphatic rings. The first kappa shape index (κ1) is 13.4. The first-order chi connectivity index (χ1) is 10.2. The first-order valence-corrected chi connectivity index (χ1v) is 7.07. The van der Waals surface area contributed by atoms with Crippen molar-refractivity contribution in [3.8, 4) is 11.4 Å². The largest absolute Gasteiger partial charge is 0.383 e. The second-order valence-corrected chi connectivity index (χ2v) is 5.03. The number of imidazole rings is 2. The maximum absolute atomic E-state index is 6.33. The molecule has 0 aliphatic carbocycles. The number of nitrogens with zero attached hydrogens (tertiary/aromatic N) is 4. The third-order valence-electron chi connectivity index (χ3n) is 3.68. The summed E-state index contributed by atoms with van der Waals surface area (Å²) < 4.78 is 4.09. The molecule has 5 heteroatoms. The van der Waals surface area contributed by atoms with E-state index in [1.807, 2.05) is 40.5 Å². The Morgan fingerprint density at radius 2 is 1.95 bits per heavy atom. The molecule has 0 unspecified atom stereocenters. The fourth-order valence-electron chi connectivity index (χ4n) is 2.51. The van der Waals surface area contributed by atoms with Gasteiger partial charge >= 0.3 is 0 Å². The van der Waals surface area contributed by atoms with Gasteiger partial charge in [0, 0.05) is 6.54 Å². The molecule has 2 heterocycles. The molecule has 0 amide bonds. The molecule has 2 N–H and O–H groups in total. The molecule has 0 aliphatic heterocycles. The van der Waals surface area contributed by atoms with E-state index in [4.69, 9.17) is 5.73 Å². The smallest absolute Gasteiger partial charge is 0.133 e. The maximum Gasteiger partial charge on any atom is 0.133 e. The van der Waals surface area contributed by atoms with E-state index in [2.05, 4.69) is 29.0 Å². The van der Waals surface area contributed by atoms with Crippen LogP contribution in [0.4, 0.5) is 5.82 Å². The number of aromatic nitrogens is 4. The van der Waals surface area contributed by atoms with Crippen LogP contribution in [0.3, 0.4) is 0 Å². The minimum Gasteiger partial charge on any atom is -0.383 e. The summed E-state index contributed by atoms with van der Waals surface area (Å²) in [6.07, 6.45) is 3.62. The van der Waals surface area contributed by atoms with Crippen molar-refractivity contribution >= 4 is 5.82 Å². The summed E-state index contributed by atoms with van der Waals surface area (Å²) in [6, 6.07) is 10.3. The lowest BCUT2D eigenvalue weighted by Crippen LogP contribution is -2.06. The average Bonchev–Trinajstić information content (AvgIpc) is 3.07. The van der Waals surface area contributed by atoms with Crippen molar-refractivity contribution in [1.82, 2.24) is 19.1 Å². The Morgan fingerprint density at radius 3 is 2.67 bits per heavy atom. The quantitative estimate of drug-likeness (QED) is 0.799. The minimum atomic E-state index is 0.687. The van der Waals surface area contributed by atoms with Crippen LogP contribution in [0, 0.1) is 6.92 Å². The molecule has 2 aromatic heterocycles. The van der Waals surface area contributed by atoms with Crippen molar-refractivity contribution in [2.75, 3.05) is 5.73 Å². The highest BCUT2D eigenvalue weighted by Gasteiger charge is 2.16. The maximum atomic E-state index is 6.33. The summed E-state index contributed by atoms with van der Waals surface area (Å²) in [6.45, 7) is 5.63. The molecule has 3 rings (SSSR count). The van der Waals surface area contributed by atoms with Gasteiger partial charge in [-0.2, -0.15) is 0 Å². The fourth-order valence-corrected chi connectivity index (χ4v) is 2.51. The number of aryl methyl sites for hydroxylation is 2. The number of rotatable bonds is 4. The third kappa shape index (κ3) is 2.42. The van der Waals surface area contributed by atoms with E-state index in [9.17, 15) is 0 Å². The molecule has 0 fully saturated rings. The fraction of sp³-hybridized carbons (Fsp3) is 0.250. The Labute approximate surface area is 124 Å². The summed E-state index contributed by atoms with van der Waals surface area (Å²) in [4.78, 5) is 8.83. The highest BCUT2D eigenvalue weighted by atomic mass is 15.2. The van der Waals surface area contributed by atoms with Gasteiger partial charge in [-0.15, -0.1) is 0 Å². The summed E-state index contributed by atoms with van der Waals surface area (Å²) in [5, 5.41) is 0. The van der Waals surface area contributed by atoms with Crippen LogP contribution in [0.25, 0.3) is 11.4 Å². The van der Waals surface area contributed by atoms with Crippen LogP contribution < -0.4 is 5.73 Å². The SMILES string of the molecule is CCn1cncc1-c1nc(C)n(Cc2ccccc2)c1N. The number of anilines is 1. The predicted octanol–water partition coefficient (Wildman–Crippen LogP) is 2.71. The van der Waals surface area contributed by atoms with Gasteiger partial charge in [0.25, 0.3) is 0 Å².